The fourth-order valence-corrected chi connectivity index (χ4v) is 2.30. The Morgan fingerprint density at radius 2 is 1.83 bits per heavy atom. The molecule has 0 spiro atoms. The van der Waals surface area contributed by atoms with Gasteiger partial charge in [-0.25, -0.2) is 9.18 Å². The van der Waals surface area contributed by atoms with Crippen molar-refractivity contribution in [3.63, 3.8) is 0 Å². The molecule has 0 radical (unpaired) electrons. The normalized spacial score (nSPS) is 11.4. The molecule has 0 saturated heterocycles. The molecule has 0 aliphatic rings. The second kappa shape index (κ2) is 8.62. The molecule has 5 heteroatoms. The third kappa shape index (κ3) is 4.52. The van der Waals surface area contributed by atoms with E-state index in [4.69, 9.17) is 0 Å². The van der Waals surface area contributed by atoms with E-state index < -0.39 is 6.04 Å². The van der Waals surface area contributed by atoms with Crippen molar-refractivity contribution in [2.24, 2.45) is 0 Å². The van der Waals surface area contributed by atoms with Crippen LogP contribution in [-0.2, 0) is 0 Å². The first-order chi connectivity index (χ1) is 11.7. The van der Waals surface area contributed by atoms with E-state index >= 15 is 0 Å². The highest BCUT2D eigenvalue weighted by Gasteiger charge is 2.20. The number of carbonyl (C=O) groups excluding carboxylic acids is 1. The molecule has 4 nitrogen and oxygen atoms in total. The van der Waals surface area contributed by atoms with Crippen LogP contribution in [0.2, 0.25) is 0 Å². The van der Waals surface area contributed by atoms with Crippen LogP contribution in [0.15, 0.2) is 74.0 Å². The van der Waals surface area contributed by atoms with Gasteiger partial charge < -0.3 is 10.2 Å². The summed E-state index contributed by atoms with van der Waals surface area (Å²) in [7, 11) is 0. The van der Waals surface area contributed by atoms with E-state index in [9.17, 15) is 9.18 Å². The van der Waals surface area contributed by atoms with Gasteiger partial charge in [-0.1, -0.05) is 30.4 Å². The molecule has 1 aromatic heterocycles. The SMILES string of the molecule is C=CCN(CC=C)C(=O)NC(c1ccc(F)cc1)c1ccccn1. The number of benzene rings is 1. The van der Waals surface area contributed by atoms with Crippen LogP contribution in [0.3, 0.4) is 0 Å². The van der Waals surface area contributed by atoms with Gasteiger partial charge in [0.2, 0.25) is 0 Å². The Hall–Kier alpha value is -2.95. The zero-order valence-corrected chi connectivity index (χ0v) is 13.4. The fraction of sp³-hybridized carbons (Fsp3) is 0.158. The third-order valence-electron chi connectivity index (χ3n) is 3.44. The predicted octanol–water partition coefficient (Wildman–Crippen LogP) is 3.69. The topological polar surface area (TPSA) is 45.2 Å². The van der Waals surface area contributed by atoms with Crippen molar-refractivity contribution in [2.75, 3.05) is 13.1 Å². The summed E-state index contributed by atoms with van der Waals surface area (Å²) in [5.41, 5.74) is 1.43. The second-order valence-electron chi connectivity index (χ2n) is 5.17. The molecule has 2 amide bonds. The van der Waals surface area contributed by atoms with Crippen molar-refractivity contribution >= 4 is 6.03 Å². The highest BCUT2D eigenvalue weighted by molar-refractivity contribution is 5.75. The van der Waals surface area contributed by atoms with Gasteiger partial charge >= 0.3 is 6.03 Å². The van der Waals surface area contributed by atoms with Gasteiger partial charge in [0.1, 0.15) is 5.82 Å². The van der Waals surface area contributed by atoms with Crippen LogP contribution in [-0.4, -0.2) is 29.0 Å². The number of aromatic nitrogens is 1. The smallest absolute Gasteiger partial charge is 0.318 e. The van der Waals surface area contributed by atoms with Gasteiger partial charge in [-0.15, -0.1) is 13.2 Å². The number of urea groups is 1. The first-order valence-electron chi connectivity index (χ1n) is 7.59. The molecule has 1 N–H and O–H groups in total. The van der Waals surface area contributed by atoms with Crippen LogP contribution in [0.25, 0.3) is 0 Å². The van der Waals surface area contributed by atoms with Crippen molar-refractivity contribution in [3.05, 3.63) is 91.0 Å². The van der Waals surface area contributed by atoms with Crippen molar-refractivity contribution in [2.45, 2.75) is 6.04 Å². The quantitative estimate of drug-likeness (QED) is 0.789. The summed E-state index contributed by atoms with van der Waals surface area (Å²) in [6.07, 6.45) is 4.96. The van der Waals surface area contributed by atoms with Gasteiger partial charge in [-0.2, -0.15) is 0 Å². The van der Waals surface area contributed by atoms with Crippen molar-refractivity contribution < 1.29 is 9.18 Å². The molecule has 124 valence electrons. The molecule has 1 heterocycles. The summed E-state index contributed by atoms with van der Waals surface area (Å²) < 4.78 is 13.2. The summed E-state index contributed by atoms with van der Waals surface area (Å²) in [5, 5.41) is 2.95. The van der Waals surface area contributed by atoms with Crippen LogP contribution in [0, 0.1) is 5.82 Å². The van der Waals surface area contributed by atoms with Gasteiger partial charge in [0, 0.05) is 19.3 Å². The van der Waals surface area contributed by atoms with Crippen LogP contribution >= 0.6 is 0 Å². The average Bonchev–Trinajstić information content (AvgIpc) is 2.61. The lowest BCUT2D eigenvalue weighted by Gasteiger charge is -2.25. The van der Waals surface area contributed by atoms with E-state index in [2.05, 4.69) is 23.5 Å². The summed E-state index contributed by atoms with van der Waals surface area (Å²) in [4.78, 5) is 18.4. The summed E-state index contributed by atoms with van der Waals surface area (Å²) in [6.45, 7) is 8.12. The van der Waals surface area contributed by atoms with E-state index in [0.29, 0.717) is 18.8 Å². The van der Waals surface area contributed by atoms with Gasteiger partial charge in [0.15, 0.2) is 0 Å². The highest BCUT2D eigenvalue weighted by atomic mass is 19.1. The van der Waals surface area contributed by atoms with E-state index in [1.807, 2.05) is 12.1 Å². The van der Waals surface area contributed by atoms with E-state index in [1.54, 1.807) is 41.4 Å². The number of pyridine rings is 1. The minimum Gasteiger partial charge on any atom is -0.325 e. The first kappa shape index (κ1) is 17.4. The average molecular weight is 325 g/mol. The minimum atomic E-state index is -0.476. The molecule has 2 rings (SSSR count). The van der Waals surface area contributed by atoms with Crippen LogP contribution < -0.4 is 5.32 Å². The molecule has 1 unspecified atom stereocenters. The fourth-order valence-electron chi connectivity index (χ4n) is 2.30. The summed E-state index contributed by atoms with van der Waals surface area (Å²) in [6, 6.07) is 10.7. The molecule has 1 atom stereocenters. The molecule has 1 aromatic carbocycles. The number of amides is 2. The van der Waals surface area contributed by atoms with Crippen LogP contribution in [0.4, 0.5) is 9.18 Å². The Morgan fingerprint density at radius 3 is 2.38 bits per heavy atom. The lowest BCUT2D eigenvalue weighted by Crippen LogP contribution is -2.42. The molecule has 2 aromatic rings. The van der Waals surface area contributed by atoms with Crippen molar-refractivity contribution in [1.82, 2.24) is 15.2 Å². The molecule has 0 saturated carbocycles. The van der Waals surface area contributed by atoms with Gasteiger partial charge in [-0.3, -0.25) is 4.98 Å². The van der Waals surface area contributed by atoms with Gasteiger partial charge in [0.05, 0.1) is 11.7 Å². The number of carbonyl (C=O) groups is 1. The maximum atomic E-state index is 13.2. The Labute approximate surface area is 141 Å². The Balaban J connectivity index is 2.29. The minimum absolute atomic E-state index is 0.269. The zero-order chi connectivity index (χ0) is 17.4. The van der Waals surface area contributed by atoms with E-state index in [1.165, 1.54) is 12.1 Å². The summed E-state index contributed by atoms with van der Waals surface area (Å²) in [5.74, 6) is -0.329. The largest absolute Gasteiger partial charge is 0.325 e. The third-order valence-corrected chi connectivity index (χ3v) is 3.44. The maximum Gasteiger partial charge on any atom is 0.318 e. The molecular weight excluding hydrogens is 305 g/mol. The summed E-state index contributed by atoms with van der Waals surface area (Å²) >= 11 is 0. The number of hydrogen-bond donors (Lipinski definition) is 1. The van der Waals surface area contributed by atoms with Gasteiger partial charge in [-0.05, 0) is 29.8 Å². The number of nitrogens with one attached hydrogen (secondary N) is 1. The monoisotopic (exact) mass is 325 g/mol. The second-order valence-corrected chi connectivity index (χ2v) is 5.17. The molecular formula is C19H20FN3O. The Kier molecular flexibility index (Phi) is 6.25. The zero-order valence-electron chi connectivity index (χ0n) is 13.4. The maximum absolute atomic E-state index is 13.2. The number of hydrogen-bond acceptors (Lipinski definition) is 2. The molecule has 0 aliphatic carbocycles. The van der Waals surface area contributed by atoms with Crippen LogP contribution in [0.5, 0.6) is 0 Å². The number of nitrogens with zero attached hydrogens (tertiary/aromatic N) is 2. The molecule has 24 heavy (non-hydrogen) atoms. The number of halogens is 1. The highest BCUT2D eigenvalue weighted by Crippen LogP contribution is 2.21. The first-order valence-corrected chi connectivity index (χ1v) is 7.59. The van der Waals surface area contributed by atoms with Crippen molar-refractivity contribution in [3.8, 4) is 0 Å². The standard InChI is InChI=1S/C19H20FN3O/c1-3-13-23(14-4-2)19(24)22-18(17-7-5-6-12-21-17)15-8-10-16(20)11-9-15/h3-12,18H,1-2,13-14H2,(H,22,24). The van der Waals surface area contributed by atoms with E-state index in [-0.39, 0.29) is 11.8 Å². The Bertz CT molecular complexity index is 676. The lowest BCUT2D eigenvalue weighted by atomic mass is 10.0. The molecule has 0 bridgehead atoms. The van der Waals surface area contributed by atoms with Crippen LogP contribution in [0.1, 0.15) is 17.3 Å². The van der Waals surface area contributed by atoms with E-state index in [0.717, 1.165) is 5.56 Å². The van der Waals surface area contributed by atoms with Gasteiger partial charge in [0.25, 0.3) is 0 Å². The predicted molar refractivity (Wildman–Crippen MR) is 93.0 cm³/mol. The number of rotatable bonds is 7. The van der Waals surface area contributed by atoms with Crippen molar-refractivity contribution in [1.29, 1.82) is 0 Å². The molecule has 0 aliphatic heterocycles. The Morgan fingerprint density at radius 1 is 1.17 bits per heavy atom. The lowest BCUT2D eigenvalue weighted by molar-refractivity contribution is 0.205. The molecule has 0 fully saturated rings.